The van der Waals surface area contributed by atoms with Crippen LogP contribution in [0.25, 0.3) is 0 Å². The van der Waals surface area contributed by atoms with Gasteiger partial charge in [-0.1, -0.05) is 12.1 Å². The van der Waals surface area contributed by atoms with Crippen LogP contribution in [0, 0.1) is 17.0 Å². The Morgan fingerprint density at radius 1 is 1.47 bits per heavy atom. The van der Waals surface area contributed by atoms with Gasteiger partial charge in [0.05, 0.1) is 4.92 Å². The molecule has 0 bridgehead atoms. The molecule has 0 saturated carbocycles. The van der Waals surface area contributed by atoms with E-state index in [9.17, 15) is 10.1 Å². The third kappa shape index (κ3) is 3.80. The average molecular weight is 237 g/mol. The SMILES string of the molecule is CNCCN(C)Cc1cccc([N+](=O)[O-])c1C. The van der Waals surface area contributed by atoms with E-state index in [0.29, 0.717) is 0 Å². The number of nitro benzene ring substituents is 1. The molecule has 0 amide bonds. The van der Waals surface area contributed by atoms with E-state index in [1.165, 1.54) is 0 Å². The van der Waals surface area contributed by atoms with Crippen LogP contribution in [0.5, 0.6) is 0 Å². The molecule has 0 saturated heterocycles. The predicted octanol–water partition coefficient (Wildman–Crippen LogP) is 1.55. The molecule has 0 fully saturated rings. The molecule has 1 N–H and O–H groups in total. The third-order valence-electron chi connectivity index (χ3n) is 2.80. The molecule has 0 aliphatic carbocycles. The molecular formula is C12H19N3O2. The summed E-state index contributed by atoms with van der Waals surface area (Å²) in [6.07, 6.45) is 0. The fourth-order valence-corrected chi connectivity index (χ4v) is 1.71. The second-order valence-corrected chi connectivity index (χ2v) is 4.16. The largest absolute Gasteiger partial charge is 0.318 e. The van der Waals surface area contributed by atoms with Gasteiger partial charge in [-0.25, -0.2) is 0 Å². The van der Waals surface area contributed by atoms with Crippen LogP contribution in [-0.2, 0) is 6.54 Å². The molecule has 0 heterocycles. The Hall–Kier alpha value is -1.46. The molecule has 1 rings (SSSR count). The molecule has 0 spiro atoms. The van der Waals surface area contributed by atoms with E-state index in [-0.39, 0.29) is 10.6 Å². The summed E-state index contributed by atoms with van der Waals surface area (Å²) in [5, 5.41) is 13.9. The second kappa shape index (κ2) is 6.32. The van der Waals surface area contributed by atoms with Crippen LogP contribution in [0.1, 0.15) is 11.1 Å². The summed E-state index contributed by atoms with van der Waals surface area (Å²) in [6, 6.07) is 5.23. The highest BCUT2D eigenvalue weighted by molar-refractivity contribution is 5.44. The highest BCUT2D eigenvalue weighted by Gasteiger charge is 2.13. The third-order valence-corrected chi connectivity index (χ3v) is 2.80. The van der Waals surface area contributed by atoms with Gasteiger partial charge in [0.15, 0.2) is 0 Å². The quantitative estimate of drug-likeness (QED) is 0.602. The zero-order chi connectivity index (χ0) is 12.8. The summed E-state index contributed by atoms with van der Waals surface area (Å²) in [5.74, 6) is 0. The average Bonchev–Trinajstić information content (AvgIpc) is 2.28. The van der Waals surface area contributed by atoms with Crippen LogP contribution in [0.4, 0.5) is 5.69 Å². The molecule has 0 aromatic heterocycles. The van der Waals surface area contributed by atoms with Crippen molar-refractivity contribution in [3.8, 4) is 0 Å². The summed E-state index contributed by atoms with van der Waals surface area (Å²) in [5.41, 5.74) is 1.97. The maximum Gasteiger partial charge on any atom is 0.272 e. The molecular weight excluding hydrogens is 218 g/mol. The number of hydrogen-bond donors (Lipinski definition) is 1. The fraction of sp³-hybridized carbons (Fsp3) is 0.500. The Morgan fingerprint density at radius 2 is 2.18 bits per heavy atom. The lowest BCUT2D eigenvalue weighted by atomic mass is 10.1. The van der Waals surface area contributed by atoms with Gasteiger partial charge in [-0.3, -0.25) is 10.1 Å². The van der Waals surface area contributed by atoms with Gasteiger partial charge in [-0.05, 0) is 26.6 Å². The van der Waals surface area contributed by atoms with Crippen LogP contribution in [0.15, 0.2) is 18.2 Å². The van der Waals surface area contributed by atoms with Crippen LogP contribution in [0.3, 0.4) is 0 Å². The summed E-state index contributed by atoms with van der Waals surface area (Å²) >= 11 is 0. The van der Waals surface area contributed by atoms with Crippen LogP contribution < -0.4 is 5.32 Å². The van der Waals surface area contributed by atoms with Crippen molar-refractivity contribution in [2.45, 2.75) is 13.5 Å². The molecule has 0 aliphatic heterocycles. The topological polar surface area (TPSA) is 58.4 Å². The van der Waals surface area contributed by atoms with Crippen molar-refractivity contribution in [3.05, 3.63) is 39.4 Å². The minimum Gasteiger partial charge on any atom is -0.318 e. The standard InChI is InChI=1S/C12H19N3O2/c1-10-11(9-14(3)8-7-13-2)5-4-6-12(10)15(16)17/h4-6,13H,7-9H2,1-3H3. The first-order valence-electron chi connectivity index (χ1n) is 5.62. The Morgan fingerprint density at radius 3 is 2.76 bits per heavy atom. The van der Waals surface area contributed by atoms with E-state index >= 15 is 0 Å². The maximum absolute atomic E-state index is 10.8. The monoisotopic (exact) mass is 237 g/mol. The van der Waals surface area contributed by atoms with Crippen molar-refractivity contribution < 1.29 is 4.92 Å². The molecule has 1 aromatic carbocycles. The lowest BCUT2D eigenvalue weighted by molar-refractivity contribution is -0.385. The summed E-state index contributed by atoms with van der Waals surface area (Å²) in [7, 11) is 3.92. The Balaban J connectivity index is 2.77. The Labute approximate surface area is 102 Å². The molecule has 1 aromatic rings. The smallest absolute Gasteiger partial charge is 0.272 e. The lowest BCUT2D eigenvalue weighted by Crippen LogP contribution is -2.27. The zero-order valence-electron chi connectivity index (χ0n) is 10.6. The minimum absolute atomic E-state index is 0.199. The molecule has 5 nitrogen and oxygen atoms in total. The number of nitrogens with one attached hydrogen (secondary N) is 1. The number of hydrogen-bond acceptors (Lipinski definition) is 4. The van der Waals surface area contributed by atoms with Crippen molar-refractivity contribution in [1.29, 1.82) is 0 Å². The lowest BCUT2D eigenvalue weighted by Gasteiger charge is -2.17. The molecule has 0 unspecified atom stereocenters. The summed E-state index contributed by atoms with van der Waals surface area (Å²) in [4.78, 5) is 12.6. The first-order valence-corrected chi connectivity index (χ1v) is 5.62. The summed E-state index contributed by atoms with van der Waals surface area (Å²) in [6.45, 7) is 4.36. The van der Waals surface area contributed by atoms with Gasteiger partial charge in [0.25, 0.3) is 5.69 Å². The van der Waals surface area contributed by atoms with E-state index < -0.39 is 0 Å². The molecule has 5 heteroatoms. The van der Waals surface area contributed by atoms with Crippen LogP contribution in [-0.4, -0.2) is 37.0 Å². The number of likely N-dealkylation sites (N-methyl/N-ethyl adjacent to an activating group) is 2. The fourth-order valence-electron chi connectivity index (χ4n) is 1.71. The van der Waals surface area contributed by atoms with E-state index in [4.69, 9.17) is 0 Å². The number of benzene rings is 1. The van der Waals surface area contributed by atoms with Crippen molar-refractivity contribution in [2.24, 2.45) is 0 Å². The van der Waals surface area contributed by atoms with Crippen LogP contribution >= 0.6 is 0 Å². The molecule has 0 atom stereocenters. The normalized spacial score (nSPS) is 10.8. The van der Waals surface area contributed by atoms with Gasteiger partial charge < -0.3 is 10.2 Å². The van der Waals surface area contributed by atoms with Gasteiger partial charge in [-0.2, -0.15) is 0 Å². The predicted molar refractivity (Wildman–Crippen MR) is 68.1 cm³/mol. The first-order chi connectivity index (χ1) is 8.06. The Kier molecular flexibility index (Phi) is 5.06. The first kappa shape index (κ1) is 13.6. The number of nitrogens with zero attached hydrogens (tertiary/aromatic N) is 2. The molecule has 0 aliphatic rings. The highest BCUT2D eigenvalue weighted by Crippen LogP contribution is 2.21. The van der Waals surface area contributed by atoms with E-state index in [1.54, 1.807) is 19.1 Å². The molecule has 94 valence electrons. The van der Waals surface area contributed by atoms with Crippen molar-refractivity contribution in [3.63, 3.8) is 0 Å². The van der Waals surface area contributed by atoms with Crippen LogP contribution in [0.2, 0.25) is 0 Å². The van der Waals surface area contributed by atoms with Crippen molar-refractivity contribution >= 4 is 5.69 Å². The summed E-state index contributed by atoms with van der Waals surface area (Å²) < 4.78 is 0. The maximum atomic E-state index is 10.8. The highest BCUT2D eigenvalue weighted by atomic mass is 16.6. The van der Waals surface area contributed by atoms with Crippen molar-refractivity contribution in [2.75, 3.05) is 27.2 Å². The number of nitro groups is 1. The minimum atomic E-state index is -0.327. The molecule has 17 heavy (non-hydrogen) atoms. The molecule has 0 radical (unpaired) electrons. The van der Waals surface area contributed by atoms with Gasteiger partial charge in [0, 0.05) is 31.3 Å². The van der Waals surface area contributed by atoms with E-state index in [0.717, 1.165) is 30.8 Å². The van der Waals surface area contributed by atoms with Crippen molar-refractivity contribution in [1.82, 2.24) is 10.2 Å². The van der Waals surface area contributed by atoms with E-state index in [1.807, 2.05) is 20.2 Å². The Bertz CT molecular complexity index is 393. The van der Waals surface area contributed by atoms with Gasteiger partial charge in [0.2, 0.25) is 0 Å². The van der Waals surface area contributed by atoms with Gasteiger partial charge in [0.1, 0.15) is 0 Å². The van der Waals surface area contributed by atoms with E-state index in [2.05, 4.69) is 10.2 Å². The van der Waals surface area contributed by atoms with Gasteiger partial charge in [-0.15, -0.1) is 0 Å². The number of rotatable bonds is 6. The van der Waals surface area contributed by atoms with Gasteiger partial charge >= 0.3 is 0 Å². The zero-order valence-corrected chi connectivity index (χ0v) is 10.6. The second-order valence-electron chi connectivity index (χ2n) is 4.16.